The van der Waals surface area contributed by atoms with Crippen molar-refractivity contribution in [1.29, 1.82) is 0 Å². The van der Waals surface area contributed by atoms with Gasteiger partial charge in [0.15, 0.2) is 0 Å². The van der Waals surface area contributed by atoms with Crippen LogP contribution in [0.1, 0.15) is 32.3 Å². The zero-order chi connectivity index (χ0) is 14.8. The van der Waals surface area contributed by atoms with Gasteiger partial charge in [0.1, 0.15) is 0 Å². The van der Waals surface area contributed by atoms with Gasteiger partial charge in [0, 0.05) is 36.6 Å². The molecule has 0 unspecified atom stereocenters. The van der Waals surface area contributed by atoms with Gasteiger partial charge in [-0.2, -0.15) is 0 Å². The van der Waals surface area contributed by atoms with Crippen molar-refractivity contribution >= 4 is 16.8 Å². The van der Waals surface area contributed by atoms with Gasteiger partial charge in [0.25, 0.3) is 0 Å². The normalized spacial score (nSPS) is 22.7. The molecule has 1 aromatic carbocycles. The standard InChI is InChI=1S/C18H24N2O/c1-13-9-14(2)12-20(11-13)18(21)8-7-15-10-19-17-6-4-3-5-16(15)17/h3-6,10,13-14,19H,7-9,11-12H2,1-2H3/t13-,14-/m1/s1. The average Bonchev–Trinajstić information content (AvgIpc) is 2.87. The second kappa shape index (κ2) is 5.92. The third-order valence-electron chi connectivity index (χ3n) is 4.50. The largest absolute Gasteiger partial charge is 0.361 e. The Morgan fingerprint density at radius 1 is 1.24 bits per heavy atom. The second-order valence-corrected chi connectivity index (χ2v) is 6.60. The molecule has 2 atom stereocenters. The molecule has 1 aromatic heterocycles. The van der Waals surface area contributed by atoms with E-state index in [2.05, 4.69) is 41.9 Å². The number of H-pyrrole nitrogens is 1. The predicted molar refractivity (Wildman–Crippen MR) is 86.1 cm³/mol. The number of nitrogens with zero attached hydrogens (tertiary/aromatic N) is 1. The van der Waals surface area contributed by atoms with Crippen molar-refractivity contribution in [1.82, 2.24) is 9.88 Å². The van der Waals surface area contributed by atoms with E-state index in [1.165, 1.54) is 17.4 Å². The molecule has 0 aliphatic carbocycles. The van der Waals surface area contributed by atoms with Crippen molar-refractivity contribution in [2.24, 2.45) is 11.8 Å². The van der Waals surface area contributed by atoms with E-state index in [1.54, 1.807) is 0 Å². The van der Waals surface area contributed by atoms with E-state index in [4.69, 9.17) is 0 Å². The van der Waals surface area contributed by atoms with Crippen LogP contribution in [0.25, 0.3) is 10.9 Å². The highest BCUT2D eigenvalue weighted by Crippen LogP contribution is 2.23. The Balaban J connectivity index is 1.63. The van der Waals surface area contributed by atoms with E-state index >= 15 is 0 Å². The summed E-state index contributed by atoms with van der Waals surface area (Å²) in [6, 6.07) is 8.28. The van der Waals surface area contributed by atoms with E-state index in [1.807, 2.05) is 12.3 Å². The van der Waals surface area contributed by atoms with Crippen molar-refractivity contribution in [2.75, 3.05) is 13.1 Å². The molecule has 0 bridgehead atoms. The molecule has 1 fully saturated rings. The zero-order valence-electron chi connectivity index (χ0n) is 12.9. The van der Waals surface area contributed by atoms with E-state index in [9.17, 15) is 4.79 Å². The fraction of sp³-hybridized carbons (Fsp3) is 0.500. The van der Waals surface area contributed by atoms with Crippen LogP contribution >= 0.6 is 0 Å². The number of rotatable bonds is 3. The lowest BCUT2D eigenvalue weighted by molar-refractivity contribution is -0.133. The van der Waals surface area contributed by atoms with Crippen LogP contribution in [0.2, 0.25) is 0 Å². The third kappa shape index (κ3) is 3.12. The summed E-state index contributed by atoms with van der Waals surface area (Å²) in [5.41, 5.74) is 2.40. The number of hydrogen-bond acceptors (Lipinski definition) is 1. The first-order chi connectivity index (χ1) is 10.1. The maximum atomic E-state index is 12.4. The molecule has 112 valence electrons. The highest BCUT2D eigenvalue weighted by molar-refractivity contribution is 5.84. The minimum absolute atomic E-state index is 0.304. The lowest BCUT2D eigenvalue weighted by Crippen LogP contribution is -2.42. The molecule has 0 spiro atoms. The Hall–Kier alpha value is -1.77. The summed E-state index contributed by atoms with van der Waals surface area (Å²) in [6.45, 7) is 6.35. The fourth-order valence-corrected chi connectivity index (χ4v) is 3.60. The maximum absolute atomic E-state index is 12.4. The van der Waals surface area contributed by atoms with Gasteiger partial charge in [-0.3, -0.25) is 4.79 Å². The molecule has 1 aliphatic heterocycles. The summed E-state index contributed by atoms with van der Waals surface area (Å²) < 4.78 is 0. The molecule has 0 radical (unpaired) electrons. The number of hydrogen-bond donors (Lipinski definition) is 1. The number of amides is 1. The number of fused-ring (bicyclic) bond motifs is 1. The first kappa shape index (κ1) is 14.2. The number of benzene rings is 1. The van der Waals surface area contributed by atoms with Gasteiger partial charge < -0.3 is 9.88 Å². The average molecular weight is 284 g/mol. The Morgan fingerprint density at radius 3 is 2.71 bits per heavy atom. The van der Waals surface area contributed by atoms with E-state index in [0.717, 1.165) is 25.0 Å². The van der Waals surface area contributed by atoms with Crippen LogP contribution in [-0.2, 0) is 11.2 Å². The number of nitrogens with one attached hydrogen (secondary N) is 1. The molecular formula is C18H24N2O. The minimum atomic E-state index is 0.304. The number of likely N-dealkylation sites (tertiary alicyclic amines) is 1. The Bertz CT molecular complexity index is 621. The van der Waals surface area contributed by atoms with Crippen molar-refractivity contribution in [2.45, 2.75) is 33.1 Å². The van der Waals surface area contributed by atoms with Gasteiger partial charge in [0.05, 0.1) is 0 Å². The lowest BCUT2D eigenvalue weighted by Gasteiger charge is -2.35. The number of piperidine rings is 1. The Labute approximate surface area is 126 Å². The van der Waals surface area contributed by atoms with E-state index < -0.39 is 0 Å². The van der Waals surface area contributed by atoms with Gasteiger partial charge in [-0.25, -0.2) is 0 Å². The van der Waals surface area contributed by atoms with Gasteiger partial charge in [0.2, 0.25) is 5.91 Å². The molecule has 2 aromatic rings. The monoisotopic (exact) mass is 284 g/mol. The highest BCUT2D eigenvalue weighted by Gasteiger charge is 2.25. The molecule has 2 heterocycles. The van der Waals surface area contributed by atoms with E-state index in [0.29, 0.717) is 24.2 Å². The highest BCUT2D eigenvalue weighted by atomic mass is 16.2. The van der Waals surface area contributed by atoms with Gasteiger partial charge in [-0.15, -0.1) is 0 Å². The Kier molecular flexibility index (Phi) is 4.00. The molecule has 21 heavy (non-hydrogen) atoms. The van der Waals surface area contributed by atoms with Gasteiger partial charge >= 0.3 is 0 Å². The summed E-state index contributed by atoms with van der Waals surface area (Å²) in [6.07, 6.45) is 4.72. The van der Waals surface area contributed by atoms with Crippen LogP contribution in [0.15, 0.2) is 30.5 Å². The second-order valence-electron chi connectivity index (χ2n) is 6.60. The fourth-order valence-electron chi connectivity index (χ4n) is 3.60. The SMILES string of the molecule is C[C@@H]1C[C@@H](C)CN(C(=O)CCc2c[nH]c3ccccc23)C1. The number of carbonyl (C=O) groups excluding carboxylic acids is 1. The molecule has 1 N–H and O–H groups in total. The van der Waals surface area contributed by atoms with Crippen molar-refractivity contribution in [3.63, 3.8) is 0 Å². The molecule has 3 rings (SSSR count). The van der Waals surface area contributed by atoms with Crippen molar-refractivity contribution < 1.29 is 4.79 Å². The quantitative estimate of drug-likeness (QED) is 0.918. The number of aryl methyl sites for hydroxylation is 1. The molecular weight excluding hydrogens is 260 g/mol. The van der Waals surface area contributed by atoms with Gasteiger partial charge in [-0.05, 0) is 36.3 Å². The topological polar surface area (TPSA) is 36.1 Å². The summed E-state index contributed by atoms with van der Waals surface area (Å²) >= 11 is 0. The summed E-state index contributed by atoms with van der Waals surface area (Å²) in [5, 5.41) is 1.24. The molecule has 0 saturated carbocycles. The molecule has 3 nitrogen and oxygen atoms in total. The first-order valence-corrected chi connectivity index (χ1v) is 7.96. The van der Waals surface area contributed by atoms with Crippen LogP contribution in [-0.4, -0.2) is 28.9 Å². The van der Waals surface area contributed by atoms with Crippen LogP contribution < -0.4 is 0 Å². The summed E-state index contributed by atoms with van der Waals surface area (Å²) in [5.74, 6) is 1.57. The molecule has 1 aliphatic rings. The van der Waals surface area contributed by atoms with Gasteiger partial charge in [-0.1, -0.05) is 32.0 Å². The number of aromatic nitrogens is 1. The van der Waals surface area contributed by atoms with Crippen molar-refractivity contribution in [3.05, 3.63) is 36.0 Å². The lowest BCUT2D eigenvalue weighted by atomic mass is 9.91. The summed E-state index contributed by atoms with van der Waals surface area (Å²) in [4.78, 5) is 17.8. The molecule has 1 amide bonds. The number of para-hydroxylation sites is 1. The number of carbonyl (C=O) groups is 1. The third-order valence-corrected chi connectivity index (χ3v) is 4.50. The smallest absolute Gasteiger partial charge is 0.222 e. The summed E-state index contributed by atoms with van der Waals surface area (Å²) in [7, 11) is 0. The van der Waals surface area contributed by atoms with Crippen LogP contribution in [0.3, 0.4) is 0 Å². The van der Waals surface area contributed by atoms with Crippen LogP contribution in [0, 0.1) is 11.8 Å². The Morgan fingerprint density at radius 2 is 1.95 bits per heavy atom. The van der Waals surface area contributed by atoms with Crippen LogP contribution in [0.4, 0.5) is 0 Å². The minimum Gasteiger partial charge on any atom is -0.361 e. The zero-order valence-corrected chi connectivity index (χ0v) is 12.9. The molecule has 1 saturated heterocycles. The number of aromatic amines is 1. The predicted octanol–water partition coefficient (Wildman–Crippen LogP) is 3.61. The van der Waals surface area contributed by atoms with Crippen LogP contribution in [0.5, 0.6) is 0 Å². The van der Waals surface area contributed by atoms with Crippen molar-refractivity contribution in [3.8, 4) is 0 Å². The van der Waals surface area contributed by atoms with E-state index in [-0.39, 0.29) is 0 Å². The first-order valence-electron chi connectivity index (χ1n) is 7.96. The molecule has 3 heteroatoms. The maximum Gasteiger partial charge on any atom is 0.222 e.